The maximum atomic E-state index is 13.4. The van der Waals surface area contributed by atoms with Crippen LogP contribution in [0.3, 0.4) is 0 Å². The highest BCUT2D eigenvalue weighted by Crippen LogP contribution is 2.29. The van der Waals surface area contributed by atoms with Gasteiger partial charge in [0.2, 0.25) is 10.0 Å². The van der Waals surface area contributed by atoms with Crippen molar-refractivity contribution in [3.05, 3.63) is 70.8 Å². The van der Waals surface area contributed by atoms with Gasteiger partial charge < -0.3 is 4.98 Å². The minimum Gasteiger partial charge on any atom is -0.309 e. The van der Waals surface area contributed by atoms with Crippen LogP contribution in [0.2, 0.25) is 0 Å². The van der Waals surface area contributed by atoms with Crippen LogP contribution in [0.25, 0.3) is 10.9 Å². The molecule has 1 heterocycles. The highest BCUT2D eigenvalue weighted by molar-refractivity contribution is 7.89. The number of rotatable bonds is 5. The number of fused-ring (bicyclic) bond motifs is 1. The Bertz CT molecular complexity index is 1120. The summed E-state index contributed by atoms with van der Waals surface area (Å²) >= 11 is 0. The smallest absolute Gasteiger partial charge is 0.258 e. The number of benzene rings is 2. The maximum Gasteiger partial charge on any atom is 0.258 e. The molecule has 0 atom stereocenters. The molecule has 2 aromatic carbocycles. The number of nitrogens with one attached hydrogen (secondary N) is 1. The molecule has 4 rings (SSSR count). The Morgan fingerprint density at radius 2 is 1.64 bits per heavy atom. The first-order chi connectivity index (χ1) is 13.6. The van der Waals surface area contributed by atoms with Crippen LogP contribution in [-0.2, 0) is 16.6 Å². The van der Waals surface area contributed by atoms with Gasteiger partial charge in [-0.25, -0.2) is 13.4 Å². The fourth-order valence-corrected chi connectivity index (χ4v) is 5.53. The van der Waals surface area contributed by atoms with Gasteiger partial charge in [0, 0.05) is 6.04 Å². The van der Waals surface area contributed by atoms with Crippen LogP contribution in [0.1, 0.15) is 37.9 Å². The molecule has 0 radical (unpaired) electrons. The van der Waals surface area contributed by atoms with Crippen LogP contribution in [-0.4, -0.2) is 28.7 Å². The molecule has 0 amide bonds. The van der Waals surface area contributed by atoms with Crippen LogP contribution in [0.5, 0.6) is 0 Å². The lowest BCUT2D eigenvalue weighted by atomic mass is 9.95. The average molecular weight is 398 g/mol. The zero-order valence-electron chi connectivity index (χ0n) is 15.5. The number of hydrogen-bond acceptors (Lipinski definition) is 4. The van der Waals surface area contributed by atoms with E-state index in [0.717, 1.165) is 32.1 Å². The van der Waals surface area contributed by atoms with Crippen molar-refractivity contribution in [2.24, 2.45) is 0 Å². The van der Waals surface area contributed by atoms with Gasteiger partial charge >= 0.3 is 0 Å². The van der Waals surface area contributed by atoms with E-state index in [-0.39, 0.29) is 23.0 Å². The van der Waals surface area contributed by atoms with E-state index in [1.807, 2.05) is 6.07 Å². The van der Waals surface area contributed by atoms with Crippen molar-refractivity contribution in [1.29, 1.82) is 0 Å². The standard InChI is InChI=1S/C21H23N3O3S/c25-21-18-13-7-8-14-19(18)22-20(23-21)15-24(16-9-3-1-4-10-16)28(26,27)17-11-5-2-6-12-17/h2,5-8,11-14,16H,1,3-4,9-10,15H2,(H,22,23,25). The van der Waals surface area contributed by atoms with Gasteiger partial charge in [0.05, 0.1) is 22.3 Å². The SMILES string of the molecule is O=c1[nH]c(CN(C2CCCCC2)S(=O)(=O)c2ccccc2)nc2ccccc12. The lowest BCUT2D eigenvalue weighted by molar-refractivity contribution is 0.244. The molecular formula is C21H23N3O3S. The fourth-order valence-electron chi connectivity index (χ4n) is 3.86. The molecule has 1 fully saturated rings. The summed E-state index contributed by atoms with van der Waals surface area (Å²) in [5, 5.41) is 0.501. The first-order valence-corrected chi connectivity index (χ1v) is 11.0. The zero-order chi connectivity index (χ0) is 19.6. The number of aromatic nitrogens is 2. The normalized spacial score (nSPS) is 15.9. The lowest BCUT2D eigenvalue weighted by Gasteiger charge is -2.33. The third-order valence-electron chi connectivity index (χ3n) is 5.30. The van der Waals surface area contributed by atoms with E-state index in [1.165, 1.54) is 4.31 Å². The van der Waals surface area contributed by atoms with Gasteiger partial charge in [-0.3, -0.25) is 4.79 Å². The average Bonchev–Trinajstić information content (AvgIpc) is 2.73. The van der Waals surface area contributed by atoms with Crippen LogP contribution in [0.15, 0.2) is 64.3 Å². The number of sulfonamides is 1. The van der Waals surface area contributed by atoms with Crippen molar-refractivity contribution >= 4 is 20.9 Å². The van der Waals surface area contributed by atoms with Crippen molar-refractivity contribution < 1.29 is 8.42 Å². The van der Waals surface area contributed by atoms with Crippen molar-refractivity contribution in [3.8, 4) is 0 Å². The largest absolute Gasteiger partial charge is 0.309 e. The number of aromatic amines is 1. The molecule has 0 bridgehead atoms. The fraction of sp³-hybridized carbons (Fsp3) is 0.333. The maximum absolute atomic E-state index is 13.4. The molecule has 28 heavy (non-hydrogen) atoms. The van der Waals surface area contributed by atoms with Gasteiger partial charge in [-0.15, -0.1) is 0 Å². The van der Waals surface area contributed by atoms with Gasteiger partial charge in [-0.1, -0.05) is 49.6 Å². The predicted octanol–water partition coefficient (Wildman–Crippen LogP) is 3.45. The molecule has 6 nitrogen and oxygen atoms in total. The Labute approximate surface area is 164 Å². The molecule has 0 saturated heterocycles. The van der Waals surface area contributed by atoms with Crippen molar-refractivity contribution in [2.45, 2.75) is 49.6 Å². The Kier molecular flexibility index (Phi) is 5.28. The van der Waals surface area contributed by atoms with Crippen LogP contribution >= 0.6 is 0 Å². The summed E-state index contributed by atoms with van der Waals surface area (Å²) in [6.45, 7) is 0.0575. The molecule has 146 valence electrons. The Hall–Kier alpha value is -2.51. The molecule has 1 saturated carbocycles. The summed E-state index contributed by atoms with van der Waals surface area (Å²) in [6.07, 6.45) is 4.79. The van der Waals surface area contributed by atoms with Crippen LogP contribution in [0.4, 0.5) is 0 Å². The molecule has 0 unspecified atom stereocenters. The quantitative estimate of drug-likeness (QED) is 0.715. The third kappa shape index (κ3) is 3.72. The molecule has 0 spiro atoms. The van der Waals surface area contributed by atoms with E-state index in [4.69, 9.17) is 0 Å². The Balaban J connectivity index is 1.75. The molecule has 1 aliphatic rings. The second kappa shape index (κ2) is 7.85. The minimum atomic E-state index is -3.69. The molecule has 0 aliphatic heterocycles. The summed E-state index contributed by atoms with van der Waals surface area (Å²) in [5.41, 5.74) is 0.322. The number of hydrogen-bond donors (Lipinski definition) is 1. The molecule has 1 aliphatic carbocycles. The highest BCUT2D eigenvalue weighted by atomic mass is 32.2. The topological polar surface area (TPSA) is 83.1 Å². The van der Waals surface area contributed by atoms with Gasteiger partial charge in [0.1, 0.15) is 5.82 Å². The number of nitrogens with zero attached hydrogens (tertiary/aromatic N) is 2. The molecule has 1 N–H and O–H groups in total. The summed E-state index contributed by atoms with van der Waals surface area (Å²) in [4.78, 5) is 20.0. The van der Waals surface area contributed by atoms with Gasteiger partial charge in [-0.2, -0.15) is 4.31 Å². The number of H-pyrrole nitrogens is 1. The zero-order valence-corrected chi connectivity index (χ0v) is 16.4. The van der Waals surface area contributed by atoms with Crippen molar-refractivity contribution in [2.75, 3.05) is 0 Å². The van der Waals surface area contributed by atoms with E-state index in [1.54, 1.807) is 48.5 Å². The summed E-state index contributed by atoms with van der Waals surface area (Å²) < 4.78 is 28.3. The van der Waals surface area contributed by atoms with Crippen LogP contribution in [0, 0.1) is 0 Å². The summed E-state index contributed by atoms with van der Waals surface area (Å²) in [5.74, 6) is 0.369. The van der Waals surface area contributed by atoms with E-state index in [9.17, 15) is 13.2 Å². The predicted molar refractivity (Wildman–Crippen MR) is 108 cm³/mol. The van der Waals surface area contributed by atoms with E-state index in [2.05, 4.69) is 9.97 Å². The Morgan fingerprint density at radius 1 is 0.964 bits per heavy atom. The molecular weight excluding hydrogens is 374 g/mol. The second-order valence-electron chi connectivity index (χ2n) is 7.18. The lowest BCUT2D eigenvalue weighted by Crippen LogP contribution is -2.41. The van der Waals surface area contributed by atoms with E-state index >= 15 is 0 Å². The van der Waals surface area contributed by atoms with Crippen molar-refractivity contribution in [1.82, 2.24) is 14.3 Å². The monoisotopic (exact) mass is 397 g/mol. The summed E-state index contributed by atoms with van der Waals surface area (Å²) in [6, 6.07) is 15.5. The van der Waals surface area contributed by atoms with Crippen molar-refractivity contribution in [3.63, 3.8) is 0 Å². The Morgan fingerprint density at radius 3 is 2.39 bits per heavy atom. The third-order valence-corrected chi connectivity index (χ3v) is 7.21. The molecule has 7 heteroatoms. The van der Waals surface area contributed by atoms with Gasteiger partial charge in [0.25, 0.3) is 5.56 Å². The minimum absolute atomic E-state index is 0.0575. The first-order valence-electron chi connectivity index (χ1n) is 9.60. The molecule has 1 aromatic heterocycles. The van der Waals surface area contributed by atoms with E-state index < -0.39 is 10.0 Å². The number of para-hydroxylation sites is 1. The van der Waals surface area contributed by atoms with Gasteiger partial charge in [-0.05, 0) is 37.1 Å². The summed E-state index contributed by atoms with van der Waals surface area (Å²) in [7, 11) is -3.69. The highest BCUT2D eigenvalue weighted by Gasteiger charge is 2.33. The van der Waals surface area contributed by atoms with Crippen LogP contribution < -0.4 is 5.56 Å². The first kappa shape index (κ1) is 18.8. The van der Waals surface area contributed by atoms with E-state index in [0.29, 0.717) is 16.7 Å². The van der Waals surface area contributed by atoms with Gasteiger partial charge in [0.15, 0.2) is 0 Å². The second-order valence-corrected chi connectivity index (χ2v) is 9.08. The molecule has 3 aromatic rings.